The van der Waals surface area contributed by atoms with E-state index in [1.54, 1.807) is 44.4 Å². The van der Waals surface area contributed by atoms with Crippen molar-refractivity contribution in [2.24, 2.45) is 7.05 Å². The minimum Gasteiger partial charge on any atom is -0.394 e. The number of nitrogens with two attached hydrogens (primary N) is 1. The molecular formula is C26H30ClN9O7. The van der Waals surface area contributed by atoms with Crippen LogP contribution in [0.3, 0.4) is 0 Å². The zero-order valence-corrected chi connectivity index (χ0v) is 23.9. The van der Waals surface area contributed by atoms with Crippen LogP contribution in [0.25, 0.3) is 16.9 Å². The number of aliphatic hydroxyl groups excluding tert-OH is 3. The van der Waals surface area contributed by atoms with Gasteiger partial charge in [0.1, 0.15) is 29.9 Å². The average Bonchev–Trinajstić information content (AvgIpc) is 3.58. The minimum atomic E-state index is -0.806. The summed E-state index contributed by atoms with van der Waals surface area (Å²) in [6.45, 7) is 1.10. The number of halogens is 1. The van der Waals surface area contributed by atoms with E-state index >= 15 is 0 Å². The van der Waals surface area contributed by atoms with E-state index in [0.29, 0.717) is 22.0 Å². The van der Waals surface area contributed by atoms with Crippen molar-refractivity contribution in [3.05, 3.63) is 80.5 Å². The van der Waals surface area contributed by atoms with Crippen molar-refractivity contribution in [3.63, 3.8) is 0 Å². The van der Waals surface area contributed by atoms with E-state index in [9.17, 15) is 19.5 Å². The average molecular weight is 616 g/mol. The van der Waals surface area contributed by atoms with Gasteiger partial charge in [-0.05, 0) is 25.1 Å². The summed E-state index contributed by atoms with van der Waals surface area (Å²) in [5.41, 5.74) is 5.54. The molecule has 0 radical (unpaired) electrons. The summed E-state index contributed by atoms with van der Waals surface area (Å²) in [5.74, 6) is -0.699. The van der Waals surface area contributed by atoms with Crippen molar-refractivity contribution >= 4 is 23.5 Å². The molecule has 0 aliphatic carbocycles. The Morgan fingerprint density at radius 3 is 2.56 bits per heavy atom. The van der Waals surface area contributed by atoms with Crippen LogP contribution in [0.4, 0.5) is 5.95 Å². The molecule has 43 heavy (non-hydrogen) atoms. The van der Waals surface area contributed by atoms with Crippen molar-refractivity contribution in [2.75, 3.05) is 18.9 Å². The van der Waals surface area contributed by atoms with Crippen molar-refractivity contribution in [1.29, 1.82) is 0 Å². The number of carbonyl (C=O) groups is 1. The number of hydrogen-bond acceptors (Lipinski definition) is 12. The molecule has 0 bridgehead atoms. The molecule has 4 unspecified atom stereocenters. The smallest absolute Gasteiger partial charge is 0.354 e. The molecule has 4 atom stereocenters. The highest BCUT2D eigenvalue weighted by atomic mass is 35.5. The van der Waals surface area contributed by atoms with E-state index in [0.717, 1.165) is 9.25 Å². The van der Waals surface area contributed by atoms with E-state index in [4.69, 9.17) is 32.3 Å². The largest absolute Gasteiger partial charge is 0.394 e. The number of hydrogen-bond donors (Lipinski definition) is 5. The first-order valence-corrected chi connectivity index (χ1v) is 13.3. The van der Waals surface area contributed by atoms with Crippen LogP contribution in [0, 0.1) is 0 Å². The Morgan fingerprint density at radius 1 is 1.26 bits per heavy atom. The number of anilines is 1. The standard InChI is InChI=1S/C18H18ClN5O3.C8H12N4O4/c1-11(10-25)21-17(26)15-7-16(12-3-5-13(19)6-4-12)22-24(18(15)27)14-8-20-23(2)9-14;9-7-10-3-12(8(15)11-7)6-1-4(14)5(2-13)16-6/h3-9,11,25H,10H2,1-2H3,(H,21,26);3-6,13-14H,1-2H2,(H2,9,11,15). The summed E-state index contributed by atoms with van der Waals surface area (Å²) in [5, 5.41) is 39.1. The number of benzene rings is 1. The molecule has 1 aliphatic rings. The zero-order valence-electron chi connectivity index (χ0n) is 23.1. The summed E-state index contributed by atoms with van der Waals surface area (Å²) in [6.07, 6.45) is 2.37. The fourth-order valence-corrected chi connectivity index (χ4v) is 4.19. The van der Waals surface area contributed by atoms with Gasteiger partial charge < -0.3 is 31.1 Å². The lowest BCUT2D eigenvalue weighted by Gasteiger charge is -2.13. The van der Waals surface area contributed by atoms with E-state index in [2.05, 4.69) is 25.5 Å². The van der Waals surface area contributed by atoms with Crippen molar-refractivity contribution < 1.29 is 24.9 Å². The molecule has 1 fully saturated rings. The highest BCUT2D eigenvalue weighted by Crippen LogP contribution is 2.27. The number of aliphatic hydroxyl groups is 3. The van der Waals surface area contributed by atoms with Crippen LogP contribution in [0.5, 0.6) is 0 Å². The number of ether oxygens (including phenoxy) is 1. The molecule has 16 nitrogen and oxygen atoms in total. The van der Waals surface area contributed by atoms with E-state index in [1.165, 1.54) is 23.3 Å². The van der Waals surface area contributed by atoms with Crippen molar-refractivity contribution in [2.45, 2.75) is 37.8 Å². The zero-order chi connectivity index (χ0) is 31.3. The van der Waals surface area contributed by atoms with Gasteiger partial charge >= 0.3 is 5.69 Å². The lowest BCUT2D eigenvalue weighted by atomic mass is 10.1. The quantitative estimate of drug-likeness (QED) is 0.173. The third kappa shape index (κ3) is 7.49. The number of aromatic nitrogens is 7. The molecule has 228 valence electrons. The number of nitrogens with zero attached hydrogens (tertiary/aromatic N) is 7. The SMILES string of the molecule is CC(CO)NC(=O)c1cc(-c2ccc(Cl)cc2)nn(-c2cnn(C)c2)c1=O.Nc1ncn(C2CC(O)C(CO)O2)c(=O)n1. The van der Waals surface area contributed by atoms with Gasteiger partial charge in [-0.1, -0.05) is 23.7 Å². The summed E-state index contributed by atoms with van der Waals surface area (Å²) < 4.78 is 9.07. The molecule has 17 heteroatoms. The number of nitrogen functional groups attached to an aromatic ring is 1. The van der Waals surface area contributed by atoms with Gasteiger partial charge in [-0.2, -0.15) is 19.9 Å². The van der Waals surface area contributed by atoms with E-state index in [-0.39, 0.29) is 31.1 Å². The maximum Gasteiger partial charge on any atom is 0.354 e. The molecule has 0 saturated carbocycles. The van der Waals surface area contributed by atoms with Gasteiger partial charge in [0, 0.05) is 30.1 Å². The van der Waals surface area contributed by atoms with E-state index < -0.39 is 41.6 Å². The third-order valence-corrected chi connectivity index (χ3v) is 6.58. The molecule has 1 aliphatic heterocycles. The predicted molar refractivity (Wildman–Crippen MR) is 153 cm³/mol. The van der Waals surface area contributed by atoms with Crippen molar-refractivity contribution in [3.8, 4) is 16.9 Å². The number of carbonyl (C=O) groups excluding carboxylic acids is 1. The van der Waals surface area contributed by atoms with Crippen molar-refractivity contribution in [1.82, 2.24) is 39.4 Å². The van der Waals surface area contributed by atoms with Crippen LogP contribution >= 0.6 is 11.6 Å². The monoisotopic (exact) mass is 615 g/mol. The first-order chi connectivity index (χ1) is 20.5. The Morgan fingerprint density at radius 2 is 1.98 bits per heavy atom. The Bertz CT molecular complexity index is 1690. The fourth-order valence-electron chi connectivity index (χ4n) is 4.06. The van der Waals surface area contributed by atoms with E-state index in [1.807, 2.05) is 0 Å². The molecule has 1 aromatic carbocycles. The summed E-state index contributed by atoms with van der Waals surface area (Å²) in [7, 11) is 1.72. The lowest BCUT2D eigenvalue weighted by molar-refractivity contribution is -0.0462. The van der Waals surface area contributed by atoms with Gasteiger partial charge in [-0.3, -0.25) is 18.8 Å². The normalized spacial score (nSPS) is 18.5. The highest BCUT2D eigenvalue weighted by molar-refractivity contribution is 6.30. The Balaban J connectivity index is 0.000000225. The fraction of sp³-hybridized carbons (Fsp3) is 0.346. The maximum atomic E-state index is 12.8. The van der Waals surface area contributed by atoms with Gasteiger partial charge in [0.2, 0.25) is 5.95 Å². The maximum absolute atomic E-state index is 12.8. The molecule has 6 N–H and O–H groups in total. The predicted octanol–water partition coefficient (Wildman–Crippen LogP) is -0.742. The van der Waals surface area contributed by atoms with Gasteiger partial charge in [0.15, 0.2) is 0 Å². The van der Waals surface area contributed by atoms with Crippen LogP contribution in [-0.2, 0) is 11.8 Å². The second kappa shape index (κ2) is 13.7. The second-order valence-electron chi connectivity index (χ2n) is 9.62. The third-order valence-electron chi connectivity index (χ3n) is 6.32. The summed E-state index contributed by atoms with van der Waals surface area (Å²) >= 11 is 5.93. The second-order valence-corrected chi connectivity index (χ2v) is 10.1. The first-order valence-electron chi connectivity index (χ1n) is 13.0. The molecule has 3 aromatic heterocycles. The van der Waals surface area contributed by atoms with Gasteiger partial charge in [0.05, 0.1) is 37.4 Å². The molecule has 4 aromatic rings. The van der Waals surface area contributed by atoms with Gasteiger partial charge in [-0.25, -0.2) is 9.78 Å². The number of amides is 1. The summed E-state index contributed by atoms with van der Waals surface area (Å²) in [4.78, 5) is 43.9. The Kier molecular flexibility index (Phi) is 9.99. The molecular weight excluding hydrogens is 586 g/mol. The van der Waals surface area contributed by atoms with Crippen LogP contribution in [0.1, 0.15) is 29.9 Å². The van der Waals surface area contributed by atoms with Crippen LogP contribution in [0.2, 0.25) is 5.02 Å². The molecule has 0 spiro atoms. The lowest BCUT2D eigenvalue weighted by Crippen LogP contribution is -2.39. The number of rotatable bonds is 7. The summed E-state index contributed by atoms with van der Waals surface area (Å²) in [6, 6.07) is 7.84. The minimum absolute atomic E-state index is 0.0842. The topological polar surface area (TPSA) is 226 Å². The highest BCUT2D eigenvalue weighted by Gasteiger charge is 2.35. The number of nitrogens with one attached hydrogen (secondary N) is 1. The molecule has 5 rings (SSSR count). The van der Waals surface area contributed by atoms with Gasteiger partial charge in [0.25, 0.3) is 11.5 Å². The number of aryl methyl sites for hydroxylation is 1. The van der Waals surface area contributed by atoms with Crippen LogP contribution in [-0.4, -0.2) is 86.8 Å². The first kappa shape index (κ1) is 31.5. The van der Waals surface area contributed by atoms with Gasteiger partial charge in [-0.15, -0.1) is 0 Å². The Hall–Kier alpha value is -4.48. The van der Waals surface area contributed by atoms with Crippen LogP contribution in [0.15, 0.2) is 58.6 Å². The molecule has 1 saturated heterocycles. The molecule has 1 amide bonds. The molecule has 4 heterocycles. The van der Waals surface area contributed by atoms with Crippen LogP contribution < -0.4 is 22.3 Å². The Labute approximate surface area is 249 Å².